The van der Waals surface area contributed by atoms with E-state index in [9.17, 15) is 4.79 Å². The van der Waals surface area contributed by atoms with Crippen molar-refractivity contribution in [2.45, 2.75) is 13.8 Å². The molecule has 0 aliphatic carbocycles. The summed E-state index contributed by atoms with van der Waals surface area (Å²) in [6, 6.07) is 0. The molecule has 0 aromatic carbocycles. The first kappa shape index (κ1) is 13.4. The minimum atomic E-state index is -0.555. The van der Waals surface area contributed by atoms with E-state index in [1.165, 1.54) is 0 Å². The van der Waals surface area contributed by atoms with Crippen LogP contribution in [0.2, 0.25) is 0 Å². The molecule has 0 radical (unpaired) electrons. The molecule has 1 aromatic heterocycles. The zero-order valence-corrected chi connectivity index (χ0v) is 10.9. The number of alkyl carbamates (subject to hydrolysis) is 1. The van der Waals surface area contributed by atoms with E-state index in [1.54, 1.807) is 24.1 Å². The second kappa shape index (κ2) is 6.19. The summed E-state index contributed by atoms with van der Waals surface area (Å²) in [6.07, 6.45) is 2.79. The van der Waals surface area contributed by atoms with Crippen LogP contribution in [0.4, 0.5) is 10.5 Å². The van der Waals surface area contributed by atoms with Crippen molar-refractivity contribution in [1.82, 2.24) is 15.1 Å². The normalized spacial score (nSPS) is 10.1. The van der Waals surface area contributed by atoms with Crippen LogP contribution in [0.1, 0.15) is 13.8 Å². The highest BCUT2D eigenvalue weighted by atomic mass is 32.1. The molecule has 0 saturated heterocycles. The Labute approximate surface area is 105 Å². The molecule has 0 bridgehead atoms. The third-order valence-electron chi connectivity index (χ3n) is 1.73. The first-order valence-electron chi connectivity index (χ1n) is 5.20. The number of carbonyl (C=O) groups is 1. The summed E-state index contributed by atoms with van der Waals surface area (Å²) in [5.41, 5.74) is 0.710. The SMILES string of the molecule is CC(C)COC(=O)NC(=S)Nc1cnn(C)c1. The number of carbonyl (C=O) groups excluding carboxylic acids is 1. The summed E-state index contributed by atoms with van der Waals surface area (Å²) in [7, 11) is 1.79. The molecule has 1 amide bonds. The van der Waals surface area contributed by atoms with Gasteiger partial charge in [-0.15, -0.1) is 0 Å². The Balaban J connectivity index is 2.32. The van der Waals surface area contributed by atoms with E-state index in [4.69, 9.17) is 17.0 Å². The van der Waals surface area contributed by atoms with Crippen LogP contribution < -0.4 is 10.6 Å². The van der Waals surface area contributed by atoms with Crippen LogP contribution >= 0.6 is 12.2 Å². The maximum absolute atomic E-state index is 11.3. The highest BCUT2D eigenvalue weighted by Crippen LogP contribution is 2.02. The Kier molecular flexibility index (Phi) is 4.89. The average molecular weight is 256 g/mol. The first-order chi connectivity index (χ1) is 7.97. The fourth-order valence-electron chi connectivity index (χ4n) is 1.02. The Hall–Kier alpha value is -1.63. The number of amides is 1. The van der Waals surface area contributed by atoms with Gasteiger partial charge in [-0.05, 0) is 18.1 Å². The van der Waals surface area contributed by atoms with Gasteiger partial charge in [-0.3, -0.25) is 10.00 Å². The number of thiocarbonyl (C=S) groups is 1. The predicted octanol–water partition coefficient (Wildman–Crippen LogP) is 1.50. The monoisotopic (exact) mass is 256 g/mol. The Morgan fingerprint density at radius 3 is 2.88 bits per heavy atom. The molecule has 17 heavy (non-hydrogen) atoms. The van der Waals surface area contributed by atoms with E-state index < -0.39 is 6.09 Å². The standard InChI is InChI=1S/C10H16N4O2S/c1-7(2)6-16-10(15)13-9(17)12-8-4-11-14(3)5-8/h4-5,7H,6H2,1-3H3,(H2,12,13,15,17). The molecule has 6 nitrogen and oxygen atoms in total. The summed E-state index contributed by atoms with van der Waals surface area (Å²) in [6.45, 7) is 4.28. The molecule has 1 aromatic rings. The maximum Gasteiger partial charge on any atom is 0.413 e. The molecule has 0 aliphatic rings. The maximum atomic E-state index is 11.3. The summed E-state index contributed by atoms with van der Waals surface area (Å²) in [5.74, 6) is 0.292. The smallest absolute Gasteiger partial charge is 0.413 e. The van der Waals surface area contributed by atoms with Crippen LogP contribution in [0.15, 0.2) is 12.4 Å². The molecule has 0 spiro atoms. The molecular weight excluding hydrogens is 240 g/mol. The lowest BCUT2D eigenvalue weighted by molar-refractivity contribution is 0.138. The molecule has 0 saturated carbocycles. The number of nitrogens with one attached hydrogen (secondary N) is 2. The Morgan fingerprint density at radius 1 is 1.65 bits per heavy atom. The molecule has 94 valence electrons. The number of hydrogen-bond donors (Lipinski definition) is 2. The number of hydrogen-bond acceptors (Lipinski definition) is 4. The van der Waals surface area contributed by atoms with Gasteiger partial charge >= 0.3 is 6.09 Å². The third kappa shape index (κ3) is 5.30. The van der Waals surface area contributed by atoms with Crippen LogP contribution in [-0.4, -0.2) is 27.6 Å². The van der Waals surface area contributed by atoms with Crippen molar-refractivity contribution >= 4 is 29.1 Å². The van der Waals surface area contributed by atoms with E-state index in [0.29, 0.717) is 18.2 Å². The molecular formula is C10H16N4O2S. The van der Waals surface area contributed by atoms with Crippen LogP contribution in [0, 0.1) is 5.92 Å². The van der Waals surface area contributed by atoms with E-state index in [-0.39, 0.29) is 5.11 Å². The zero-order valence-electron chi connectivity index (χ0n) is 10.1. The highest BCUT2D eigenvalue weighted by Gasteiger charge is 2.07. The summed E-state index contributed by atoms with van der Waals surface area (Å²) in [4.78, 5) is 11.3. The van der Waals surface area contributed by atoms with Gasteiger partial charge in [0.15, 0.2) is 5.11 Å². The predicted molar refractivity (Wildman–Crippen MR) is 68.8 cm³/mol. The van der Waals surface area contributed by atoms with Gasteiger partial charge in [0.05, 0.1) is 18.5 Å². The van der Waals surface area contributed by atoms with Gasteiger partial charge in [0.1, 0.15) is 0 Å². The summed E-state index contributed by atoms with van der Waals surface area (Å²) >= 11 is 4.94. The zero-order chi connectivity index (χ0) is 12.8. The van der Waals surface area contributed by atoms with Crippen molar-refractivity contribution in [3.8, 4) is 0 Å². The summed E-state index contributed by atoms with van der Waals surface area (Å²) < 4.78 is 6.55. The second-order valence-corrected chi connectivity index (χ2v) is 4.38. The number of aromatic nitrogens is 2. The van der Waals surface area contributed by atoms with Crippen LogP contribution in [0.3, 0.4) is 0 Å². The molecule has 0 aliphatic heterocycles. The van der Waals surface area contributed by atoms with Crippen molar-refractivity contribution in [2.24, 2.45) is 13.0 Å². The highest BCUT2D eigenvalue weighted by molar-refractivity contribution is 7.80. The van der Waals surface area contributed by atoms with Crippen molar-refractivity contribution in [2.75, 3.05) is 11.9 Å². The van der Waals surface area contributed by atoms with Gasteiger partial charge in [0, 0.05) is 13.2 Å². The van der Waals surface area contributed by atoms with Crippen molar-refractivity contribution in [3.63, 3.8) is 0 Å². The molecule has 0 unspecified atom stereocenters. The van der Waals surface area contributed by atoms with E-state index in [1.807, 2.05) is 13.8 Å². The fraction of sp³-hybridized carbons (Fsp3) is 0.500. The van der Waals surface area contributed by atoms with Crippen LogP contribution in [-0.2, 0) is 11.8 Å². The number of ether oxygens (including phenoxy) is 1. The number of rotatable bonds is 3. The molecule has 7 heteroatoms. The molecule has 1 heterocycles. The van der Waals surface area contributed by atoms with Crippen LogP contribution in [0.25, 0.3) is 0 Å². The molecule has 1 rings (SSSR count). The van der Waals surface area contributed by atoms with E-state index in [2.05, 4.69) is 15.7 Å². The van der Waals surface area contributed by atoms with Gasteiger partial charge in [-0.25, -0.2) is 4.79 Å². The first-order valence-corrected chi connectivity index (χ1v) is 5.61. The lowest BCUT2D eigenvalue weighted by atomic mass is 10.2. The lowest BCUT2D eigenvalue weighted by Crippen LogP contribution is -2.35. The average Bonchev–Trinajstić information content (AvgIpc) is 2.60. The summed E-state index contributed by atoms with van der Waals surface area (Å²) in [5, 5.41) is 9.38. The Bertz CT molecular complexity index is 403. The molecule has 2 N–H and O–H groups in total. The van der Waals surface area contributed by atoms with Crippen molar-refractivity contribution in [3.05, 3.63) is 12.4 Å². The third-order valence-corrected chi connectivity index (χ3v) is 1.93. The number of aryl methyl sites for hydroxylation is 1. The van der Waals surface area contributed by atoms with Gasteiger partial charge in [-0.2, -0.15) is 5.10 Å². The van der Waals surface area contributed by atoms with Crippen molar-refractivity contribution in [1.29, 1.82) is 0 Å². The fourth-order valence-corrected chi connectivity index (χ4v) is 1.22. The number of anilines is 1. The van der Waals surface area contributed by atoms with Crippen LogP contribution in [0.5, 0.6) is 0 Å². The van der Waals surface area contributed by atoms with Gasteiger partial charge in [-0.1, -0.05) is 13.8 Å². The molecule has 0 fully saturated rings. The van der Waals surface area contributed by atoms with E-state index in [0.717, 1.165) is 0 Å². The minimum Gasteiger partial charge on any atom is -0.449 e. The minimum absolute atomic E-state index is 0.187. The second-order valence-electron chi connectivity index (χ2n) is 3.97. The quantitative estimate of drug-likeness (QED) is 0.802. The Morgan fingerprint density at radius 2 is 2.35 bits per heavy atom. The van der Waals surface area contributed by atoms with E-state index >= 15 is 0 Å². The lowest BCUT2D eigenvalue weighted by Gasteiger charge is -2.09. The van der Waals surface area contributed by atoms with Gasteiger partial charge < -0.3 is 10.1 Å². The van der Waals surface area contributed by atoms with Gasteiger partial charge in [0.25, 0.3) is 0 Å². The van der Waals surface area contributed by atoms with Gasteiger partial charge in [0.2, 0.25) is 0 Å². The van der Waals surface area contributed by atoms with Crippen molar-refractivity contribution < 1.29 is 9.53 Å². The largest absolute Gasteiger partial charge is 0.449 e. The topological polar surface area (TPSA) is 68.2 Å². The molecule has 0 atom stereocenters. The number of nitrogens with zero attached hydrogens (tertiary/aromatic N) is 2.